The van der Waals surface area contributed by atoms with Crippen molar-refractivity contribution >= 4 is 11.6 Å². The van der Waals surface area contributed by atoms with E-state index < -0.39 is 0 Å². The Morgan fingerprint density at radius 3 is 1.24 bits per heavy atom. The molecule has 0 aromatic carbocycles. The molecule has 0 amide bonds. The highest BCUT2D eigenvalue weighted by molar-refractivity contribution is 6.17. The van der Waals surface area contributed by atoms with Crippen LogP contribution in [0.15, 0.2) is 0 Å². The Kier molecular flexibility index (Phi) is 24.3. The molecule has 0 aliphatic heterocycles. The molecule has 25 heavy (non-hydrogen) atoms. The van der Waals surface area contributed by atoms with E-state index in [2.05, 4.69) is 6.92 Å². The van der Waals surface area contributed by atoms with Crippen molar-refractivity contribution in [1.82, 2.24) is 0 Å². The second-order valence-electron chi connectivity index (χ2n) is 6.32. The fraction of sp³-hybridized carbons (Fsp3) is 1.00. The van der Waals surface area contributed by atoms with Gasteiger partial charge in [-0.3, -0.25) is 0 Å². The van der Waals surface area contributed by atoms with Crippen molar-refractivity contribution in [2.75, 3.05) is 58.7 Å². The second-order valence-corrected chi connectivity index (χ2v) is 6.70. The van der Waals surface area contributed by atoms with E-state index in [0.717, 1.165) is 6.61 Å². The Hall–Kier alpha value is 0.130. The quantitative estimate of drug-likeness (QED) is 0.191. The molecule has 4 nitrogen and oxygen atoms in total. The molecule has 0 saturated carbocycles. The summed E-state index contributed by atoms with van der Waals surface area (Å²) in [5.41, 5.74) is 0. The van der Waals surface area contributed by atoms with Gasteiger partial charge < -0.3 is 18.9 Å². The summed E-state index contributed by atoms with van der Waals surface area (Å²) >= 11 is 5.49. The highest BCUT2D eigenvalue weighted by Gasteiger charge is 1.94. The van der Waals surface area contributed by atoms with Gasteiger partial charge in [0.15, 0.2) is 0 Å². The molecule has 0 fully saturated rings. The Labute approximate surface area is 160 Å². The maximum Gasteiger partial charge on any atom is 0.0701 e. The van der Waals surface area contributed by atoms with Crippen molar-refractivity contribution in [3.63, 3.8) is 0 Å². The van der Waals surface area contributed by atoms with Gasteiger partial charge in [0.1, 0.15) is 0 Å². The van der Waals surface area contributed by atoms with Gasteiger partial charge in [0, 0.05) is 12.5 Å². The van der Waals surface area contributed by atoms with Gasteiger partial charge in [-0.15, -0.1) is 11.6 Å². The Morgan fingerprint density at radius 1 is 0.440 bits per heavy atom. The van der Waals surface area contributed by atoms with Gasteiger partial charge in [-0.25, -0.2) is 0 Å². The van der Waals surface area contributed by atoms with Crippen molar-refractivity contribution in [2.45, 2.75) is 71.1 Å². The summed E-state index contributed by atoms with van der Waals surface area (Å²) in [6, 6.07) is 0. The molecule has 0 aliphatic rings. The second kappa shape index (κ2) is 24.1. The van der Waals surface area contributed by atoms with E-state index in [1.807, 2.05) is 0 Å². The molecular weight excluding hydrogens is 340 g/mol. The fourth-order valence-electron chi connectivity index (χ4n) is 2.51. The third kappa shape index (κ3) is 24.1. The summed E-state index contributed by atoms with van der Waals surface area (Å²) in [5, 5.41) is 0. The molecule has 0 N–H and O–H groups in total. The van der Waals surface area contributed by atoms with Crippen molar-refractivity contribution in [2.24, 2.45) is 0 Å². The van der Waals surface area contributed by atoms with E-state index in [1.54, 1.807) is 0 Å². The van der Waals surface area contributed by atoms with E-state index in [9.17, 15) is 0 Å². The van der Waals surface area contributed by atoms with Crippen LogP contribution in [0.1, 0.15) is 71.1 Å². The Morgan fingerprint density at radius 2 is 0.800 bits per heavy atom. The molecule has 152 valence electrons. The number of hydrogen-bond acceptors (Lipinski definition) is 4. The predicted octanol–water partition coefficient (Wildman–Crippen LogP) is 5.21. The van der Waals surface area contributed by atoms with Gasteiger partial charge in [-0.1, -0.05) is 64.7 Å². The number of ether oxygens (including phenoxy) is 4. The number of hydrogen-bond donors (Lipinski definition) is 0. The monoisotopic (exact) mass is 380 g/mol. The zero-order valence-corrected chi connectivity index (χ0v) is 17.2. The van der Waals surface area contributed by atoms with Crippen LogP contribution in [0.2, 0.25) is 0 Å². The SMILES string of the molecule is CCCCCCCCCCCCOCCOCCOCCOCCCl. The summed E-state index contributed by atoms with van der Waals surface area (Å²) in [5.74, 6) is 0.530. The molecule has 0 radical (unpaired) electrons. The van der Waals surface area contributed by atoms with Crippen molar-refractivity contribution < 1.29 is 18.9 Å². The molecule has 0 aliphatic carbocycles. The lowest BCUT2D eigenvalue weighted by Crippen LogP contribution is -2.12. The van der Waals surface area contributed by atoms with E-state index in [1.165, 1.54) is 64.2 Å². The molecule has 0 saturated heterocycles. The zero-order chi connectivity index (χ0) is 18.3. The minimum absolute atomic E-state index is 0.530. The van der Waals surface area contributed by atoms with Gasteiger partial charge in [-0.05, 0) is 6.42 Å². The lowest BCUT2D eigenvalue weighted by molar-refractivity contribution is -0.000661. The average Bonchev–Trinajstić information content (AvgIpc) is 2.63. The van der Waals surface area contributed by atoms with Crippen LogP contribution >= 0.6 is 11.6 Å². The Bertz CT molecular complexity index is 208. The highest BCUT2D eigenvalue weighted by Crippen LogP contribution is 2.10. The van der Waals surface area contributed by atoms with E-state index in [-0.39, 0.29) is 0 Å². The van der Waals surface area contributed by atoms with Crippen LogP contribution in [0.4, 0.5) is 0 Å². The molecule has 0 rings (SSSR count). The lowest BCUT2D eigenvalue weighted by atomic mass is 10.1. The smallest absolute Gasteiger partial charge is 0.0701 e. The number of unbranched alkanes of at least 4 members (excludes halogenated alkanes) is 9. The number of alkyl halides is 1. The standard InChI is InChI=1S/C20H41ClO4/c1-2-3-4-5-6-7-8-9-10-11-13-22-15-17-24-19-20-25-18-16-23-14-12-21/h2-20H2,1H3. The van der Waals surface area contributed by atoms with Gasteiger partial charge in [0.05, 0.1) is 46.2 Å². The molecule has 0 aromatic heterocycles. The molecule has 0 spiro atoms. The van der Waals surface area contributed by atoms with Gasteiger partial charge in [0.25, 0.3) is 0 Å². The minimum Gasteiger partial charge on any atom is -0.379 e. The predicted molar refractivity (Wildman–Crippen MR) is 106 cm³/mol. The summed E-state index contributed by atoms with van der Waals surface area (Å²) in [6.45, 7) is 7.42. The number of rotatable bonds is 22. The van der Waals surface area contributed by atoms with Crippen LogP contribution < -0.4 is 0 Å². The average molecular weight is 381 g/mol. The number of halogens is 1. The molecule has 0 unspecified atom stereocenters. The maximum atomic E-state index is 5.58. The first-order valence-corrected chi connectivity index (χ1v) is 10.8. The summed E-state index contributed by atoms with van der Waals surface area (Å²) in [7, 11) is 0. The first kappa shape index (κ1) is 25.1. The molecule has 0 aromatic rings. The van der Waals surface area contributed by atoms with E-state index in [0.29, 0.717) is 52.1 Å². The molecule has 0 bridgehead atoms. The van der Waals surface area contributed by atoms with Crippen LogP contribution in [0.5, 0.6) is 0 Å². The fourth-order valence-corrected chi connectivity index (χ4v) is 2.62. The lowest BCUT2D eigenvalue weighted by Gasteiger charge is -2.07. The first-order chi connectivity index (χ1) is 12.4. The summed E-state index contributed by atoms with van der Waals surface area (Å²) < 4.78 is 21.6. The van der Waals surface area contributed by atoms with Crippen molar-refractivity contribution in [3.05, 3.63) is 0 Å². The zero-order valence-electron chi connectivity index (χ0n) is 16.4. The maximum absolute atomic E-state index is 5.58. The largest absolute Gasteiger partial charge is 0.379 e. The van der Waals surface area contributed by atoms with Gasteiger partial charge in [-0.2, -0.15) is 0 Å². The Balaban J connectivity index is 2.94. The van der Waals surface area contributed by atoms with Crippen LogP contribution in [-0.4, -0.2) is 58.7 Å². The van der Waals surface area contributed by atoms with Crippen LogP contribution in [0.25, 0.3) is 0 Å². The molecule has 0 heterocycles. The highest BCUT2D eigenvalue weighted by atomic mass is 35.5. The third-order valence-corrected chi connectivity index (χ3v) is 4.13. The van der Waals surface area contributed by atoms with Crippen molar-refractivity contribution in [1.29, 1.82) is 0 Å². The first-order valence-electron chi connectivity index (χ1n) is 10.3. The normalized spacial score (nSPS) is 11.3. The molecular formula is C20H41ClO4. The van der Waals surface area contributed by atoms with E-state index in [4.69, 9.17) is 30.5 Å². The third-order valence-electron chi connectivity index (χ3n) is 3.98. The van der Waals surface area contributed by atoms with Gasteiger partial charge in [0.2, 0.25) is 0 Å². The summed E-state index contributed by atoms with van der Waals surface area (Å²) in [6.07, 6.45) is 13.6. The van der Waals surface area contributed by atoms with E-state index >= 15 is 0 Å². The molecule has 5 heteroatoms. The topological polar surface area (TPSA) is 36.9 Å². The van der Waals surface area contributed by atoms with Crippen LogP contribution in [0.3, 0.4) is 0 Å². The minimum atomic E-state index is 0.530. The summed E-state index contributed by atoms with van der Waals surface area (Å²) in [4.78, 5) is 0. The van der Waals surface area contributed by atoms with Crippen LogP contribution in [-0.2, 0) is 18.9 Å². The van der Waals surface area contributed by atoms with Crippen LogP contribution in [0, 0.1) is 0 Å². The van der Waals surface area contributed by atoms with Crippen molar-refractivity contribution in [3.8, 4) is 0 Å². The molecule has 0 atom stereocenters. The van der Waals surface area contributed by atoms with Gasteiger partial charge >= 0.3 is 0 Å².